The molecule has 7 heteroatoms. The Kier molecular flexibility index (Phi) is 3.82. The van der Waals surface area contributed by atoms with E-state index in [4.69, 9.17) is 11.6 Å². The lowest BCUT2D eigenvalue weighted by Crippen LogP contribution is -2.48. The van der Waals surface area contributed by atoms with Gasteiger partial charge in [-0.3, -0.25) is 5.43 Å². The molecule has 0 unspecified atom stereocenters. The number of anilines is 1. The number of nitrogens with one attached hydrogen (secondary N) is 3. The van der Waals surface area contributed by atoms with Crippen LogP contribution in [0.1, 0.15) is 20.8 Å². The summed E-state index contributed by atoms with van der Waals surface area (Å²) in [5.41, 5.74) is 5.88. The molecule has 0 fully saturated rings. The van der Waals surface area contributed by atoms with Crippen molar-refractivity contribution in [1.82, 2.24) is 15.7 Å². The number of hydrogen-bond donors (Lipinski definition) is 3. The van der Waals surface area contributed by atoms with Gasteiger partial charge >= 0.3 is 6.03 Å². The number of aromatic nitrogens is 1. The van der Waals surface area contributed by atoms with E-state index in [2.05, 4.69) is 21.2 Å². The van der Waals surface area contributed by atoms with Crippen LogP contribution in [0.4, 0.5) is 9.93 Å². The molecule has 0 spiro atoms. The van der Waals surface area contributed by atoms with Crippen molar-refractivity contribution in [2.24, 2.45) is 0 Å². The Bertz CT molecular complexity index is 605. The summed E-state index contributed by atoms with van der Waals surface area (Å²) in [6.45, 7) is 5.73. The Morgan fingerprint density at radius 3 is 2.79 bits per heavy atom. The number of fused-ring (bicyclic) bond motifs is 1. The number of carbonyl (C=O) groups excluding carboxylic acids is 1. The van der Waals surface area contributed by atoms with E-state index in [1.807, 2.05) is 32.9 Å². The highest BCUT2D eigenvalue weighted by Crippen LogP contribution is 2.27. The van der Waals surface area contributed by atoms with Crippen LogP contribution in [0.25, 0.3) is 10.2 Å². The van der Waals surface area contributed by atoms with Gasteiger partial charge in [0.15, 0.2) is 0 Å². The largest absolute Gasteiger partial charge is 0.333 e. The van der Waals surface area contributed by atoms with Crippen molar-refractivity contribution in [3.8, 4) is 0 Å². The van der Waals surface area contributed by atoms with Crippen LogP contribution in [-0.4, -0.2) is 16.6 Å². The van der Waals surface area contributed by atoms with Crippen molar-refractivity contribution in [2.75, 3.05) is 5.43 Å². The molecule has 1 heterocycles. The van der Waals surface area contributed by atoms with Crippen LogP contribution in [0, 0.1) is 0 Å². The number of urea groups is 1. The smallest absolute Gasteiger partial charge is 0.332 e. The topological polar surface area (TPSA) is 66.1 Å². The molecule has 1 aromatic heterocycles. The minimum atomic E-state index is -0.301. The van der Waals surface area contributed by atoms with Crippen LogP contribution in [-0.2, 0) is 0 Å². The molecule has 0 aliphatic carbocycles. The summed E-state index contributed by atoms with van der Waals surface area (Å²) >= 11 is 7.33. The Balaban J connectivity index is 2.00. The number of thiazole rings is 1. The van der Waals surface area contributed by atoms with Crippen molar-refractivity contribution in [3.05, 3.63) is 23.2 Å². The number of carbonyl (C=O) groups is 1. The summed E-state index contributed by atoms with van der Waals surface area (Å²) in [6.07, 6.45) is 0. The van der Waals surface area contributed by atoms with E-state index in [0.717, 1.165) is 10.2 Å². The monoisotopic (exact) mass is 298 g/mol. The number of rotatable bonds is 2. The highest BCUT2D eigenvalue weighted by molar-refractivity contribution is 7.22. The number of halogens is 1. The summed E-state index contributed by atoms with van der Waals surface area (Å²) in [5.74, 6) is 0. The van der Waals surface area contributed by atoms with Crippen LogP contribution in [0.15, 0.2) is 18.2 Å². The zero-order valence-corrected chi connectivity index (χ0v) is 12.4. The first-order valence-electron chi connectivity index (χ1n) is 5.74. The summed E-state index contributed by atoms with van der Waals surface area (Å²) in [7, 11) is 0. The molecule has 3 N–H and O–H groups in total. The van der Waals surface area contributed by atoms with Gasteiger partial charge in [-0.2, -0.15) is 0 Å². The molecule has 0 atom stereocenters. The number of hydrogen-bond acceptors (Lipinski definition) is 4. The van der Waals surface area contributed by atoms with Crippen molar-refractivity contribution >= 4 is 44.3 Å². The van der Waals surface area contributed by atoms with Gasteiger partial charge in [-0.25, -0.2) is 15.2 Å². The van der Waals surface area contributed by atoms with E-state index in [1.54, 1.807) is 6.07 Å². The fourth-order valence-corrected chi connectivity index (χ4v) is 2.53. The van der Waals surface area contributed by atoms with Crippen LogP contribution in [0.5, 0.6) is 0 Å². The average molecular weight is 299 g/mol. The Morgan fingerprint density at radius 1 is 1.37 bits per heavy atom. The van der Waals surface area contributed by atoms with E-state index in [0.29, 0.717) is 10.2 Å². The molecule has 0 radical (unpaired) electrons. The van der Waals surface area contributed by atoms with Gasteiger partial charge in [0, 0.05) is 10.6 Å². The highest BCUT2D eigenvalue weighted by Gasteiger charge is 2.13. The fourth-order valence-electron chi connectivity index (χ4n) is 1.43. The van der Waals surface area contributed by atoms with Gasteiger partial charge in [-0.1, -0.05) is 22.9 Å². The molecule has 0 bridgehead atoms. The van der Waals surface area contributed by atoms with Crippen molar-refractivity contribution in [3.63, 3.8) is 0 Å². The maximum absolute atomic E-state index is 11.6. The minimum Gasteiger partial charge on any atom is -0.332 e. The first kappa shape index (κ1) is 13.9. The van der Waals surface area contributed by atoms with Crippen LogP contribution >= 0.6 is 22.9 Å². The lowest BCUT2D eigenvalue weighted by Gasteiger charge is -2.20. The zero-order valence-electron chi connectivity index (χ0n) is 10.9. The third-order valence-corrected chi connectivity index (χ3v) is 3.29. The van der Waals surface area contributed by atoms with Gasteiger partial charge in [-0.05, 0) is 39.0 Å². The molecule has 19 heavy (non-hydrogen) atoms. The molecular weight excluding hydrogens is 284 g/mol. The summed E-state index contributed by atoms with van der Waals surface area (Å²) in [5, 5.41) is 4.06. The third-order valence-electron chi connectivity index (χ3n) is 2.12. The minimum absolute atomic E-state index is 0.285. The molecule has 102 valence electrons. The molecular formula is C12H15ClN4OS. The molecule has 0 aliphatic rings. The maximum Gasteiger partial charge on any atom is 0.333 e. The maximum atomic E-state index is 11.6. The standard InChI is InChI=1S/C12H15ClN4OS/c1-12(2,3)15-10(18)16-17-11-14-8-5-4-7(13)6-9(8)19-11/h4-6H,1-3H3,(H,14,17)(H2,15,16,18). The second-order valence-corrected chi connectivity index (χ2v) is 6.55. The molecule has 1 aromatic carbocycles. The lowest BCUT2D eigenvalue weighted by atomic mass is 10.1. The first-order valence-corrected chi connectivity index (χ1v) is 6.93. The van der Waals surface area contributed by atoms with Gasteiger partial charge in [0.1, 0.15) is 0 Å². The van der Waals surface area contributed by atoms with Gasteiger partial charge in [0.2, 0.25) is 5.13 Å². The van der Waals surface area contributed by atoms with Crippen molar-refractivity contribution in [2.45, 2.75) is 26.3 Å². The van der Waals surface area contributed by atoms with Crippen LogP contribution in [0.3, 0.4) is 0 Å². The van der Waals surface area contributed by atoms with Crippen molar-refractivity contribution < 1.29 is 4.79 Å². The summed E-state index contributed by atoms with van der Waals surface area (Å²) in [4.78, 5) is 15.9. The molecule has 2 rings (SSSR count). The predicted octanol–water partition coefficient (Wildman–Crippen LogP) is 3.37. The normalized spacial score (nSPS) is 11.4. The number of nitrogens with zero attached hydrogens (tertiary/aromatic N) is 1. The van der Waals surface area contributed by atoms with Gasteiger partial charge in [0.25, 0.3) is 0 Å². The highest BCUT2D eigenvalue weighted by atomic mass is 35.5. The van der Waals surface area contributed by atoms with Crippen LogP contribution < -0.4 is 16.2 Å². The van der Waals surface area contributed by atoms with E-state index in [-0.39, 0.29) is 11.6 Å². The second-order valence-electron chi connectivity index (χ2n) is 5.09. The predicted molar refractivity (Wildman–Crippen MR) is 79.7 cm³/mol. The molecule has 2 aromatic rings. The van der Waals surface area contributed by atoms with Crippen LogP contribution in [0.2, 0.25) is 5.02 Å². The zero-order chi connectivity index (χ0) is 14.0. The number of hydrazine groups is 1. The summed E-state index contributed by atoms with van der Waals surface area (Å²) < 4.78 is 0.966. The lowest BCUT2D eigenvalue weighted by molar-refractivity contribution is 0.234. The van der Waals surface area contributed by atoms with E-state index in [1.165, 1.54) is 11.3 Å². The van der Waals surface area contributed by atoms with E-state index >= 15 is 0 Å². The Morgan fingerprint density at radius 2 is 2.11 bits per heavy atom. The van der Waals surface area contributed by atoms with Gasteiger partial charge in [-0.15, -0.1) is 0 Å². The third kappa shape index (κ3) is 3.97. The van der Waals surface area contributed by atoms with Gasteiger partial charge in [0.05, 0.1) is 10.2 Å². The number of benzene rings is 1. The Hall–Kier alpha value is -1.53. The molecule has 2 amide bonds. The molecule has 0 saturated carbocycles. The first-order chi connectivity index (χ1) is 8.83. The van der Waals surface area contributed by atoms with Crippen molar-refractivity contribution in [1.29, 1.82) is 0 Å². The number of amides is 2. The summed E-state index contributed by atoms with van der Waals surface area (Å²) in [6, 6.07) is 5.17. The van der Waals surface area contributed by atoms with E-state index < -0.39 is 0 Å². The average Bonchev–Trinajstić information content (AvgIpc) is 2.66. The fraction of sp³-hybridized carbons (Fsp3) is 0.333. The Labute approximate surface area is 120 Å². The SMILES string of the molecule is CC(C)(C)NC(=O)NNc1nc2ccc(Cl)cc2s1. The second kappa shape index (κ2) is 5.22. The quantitative estimate of drug-likeness (QED) is 0.745. The van der Waals surface area contributed by atoms with Gasteiger partial charge < -0.3 is 5.32 Å². The van der Waals surface area contributed by atoms with E-state index in [9.17, 15) is 4.79 Å². The molecule has 0 aliphatic heterocycles. The molecule has 0 saturated heterocycles. The molecule has 5 nitrogen and oxygen atoms in total.